The third kappa shape index (κ3) is 13.1. The Bertz CT molecular complexity index is 210. The third-order valence-corrected chi connectivity index (χ3v) is 1.40. The molecule has 0 aromatic rings. The van der Waals surface area contributed by atoms with E-state index in [2.05, 4.69) is 12.2 Å². The molecule has 0 spiro atoms. The molecule has 6 heteroatoms. The SMILES string of the molecule is CC1=[C-]CC(=O)[C-]=C1C.[Y].[Y].[Y].[Y].[Y]. The topological polar surface area (TPSA) is 17.1 Å². The van der Waals surface area contributed by atoms with Crippen LogP contribution in [0.1, 0.15) is 20.3 Å². The van der Waals surface area contributed by atoms with Gasteiger partial charge in [0.15, 0.2) is 0 Å². The fraction of sp³-hybridized carbons (Fsp3) is 0.375. The van der Waals surface area contributed by atoms with Crippen LogP contribution in [0.15, 0.2) is 11.1 Å². The van der Waals surface area contributed by atoms with Crippen molar-refractivity contribution in [3.63, 3.8) is 0 Å². The van der Waals surface area contributed by atoms with Gasteiger partial charge in [-0.25, -0.2) is 0 Å². The molecule has 0 aromatic heterocycles. The van der Waals surface area contributed by atoms with Gasteiger partial charge in [-0.1, -0.05) is 6.42 Å². The second kappa shape index (κ2) is 17.7. The van der Waals surface area contributed by atoms with Crippen molar-refractivity contribution in [2.24, 2.45) is 0 Å². The molecular formula is C8H8OY5-2. The molecule has 1 rings (SSSR count). The van der Waals surface area contributed by atoms with E-state index in [1.807, 2.05) is 13.8 Å². The number of rotatable bonds is 0. The molecule has 0 aromatic carbocycles. The van der Waals surface area contributed by atoms with Crippen molar-refractivity contribution in [2.75, 3.05) is 0 Å². The summed E-state index contributed by atoms with van der Waals surface area (Å²) in [5.74, 6) is 0.0399. The predicted molar refractivity (Wildman–Crippen MR) is 34.5 cm³/mol. The fourth-order valence-electron chi connectivity index (χ4n) is 0.693. The average Bonchev–Trinajstić information content (AvgIpc) is 1.80. The Balaban J connectivity index is -0.0000000540. The third-order valence-electron chi connectivity index (χ3n) is 1.40. The molecule has 14 heavy (non-hydrogen) atoms. The molecule has 5 radical (unpaired) electrons. The summed E-state index contributed by atoms with van der Waals surface area (Å²) in [6, 6.07) is 0. The van der Waals surface area contributed by atoms with Crippen molar-refractivity contribution in [1.29, 1.82) is 0 Å². The van der Waals surface area contributed by atoms with E-state index in [-0.39, 0.29) is 169 Å². The first kappa shape index (κ1) is 31.2. The maximum absolute atomic E-state index is 10.6. The van der Waals surface area contributed by atoms with Crippen LogP contribution in [-0.2, 0) is 168 Å². The summed E-state index contributed by atoms with van der Waals surface area (Å²) in [7, 11) is 0. The molecule has 0 atom stereocenters. The number of hydrogen-bond acceptors (Lipinski definition) is 1. The van der Waals surface area contributed by atoms with Gasteiger partial charge in [-0.2, -0.15) is 0 Å². The van der Waals surface area contributed by atoms with E-state index in [1.165, 1.54) is 0 Å². The zero-order valence-electron chi connectivity index (χ0n) is 8.50. The standard InChI is InChI=1S/C8H8O.5Y/c1-6-3-4-8(9)5-7(6)2;;;;;/h4H2,1-2H3;;;;;/q-2;;;;;. The van der Waals surface area contributed by atoms with Crippen molar-refractivity contribution in [2.45, 2.75) is 20.3 Å². The van der Waals surface area contributed by atoms with Crippen molar-refractivity contribution in [1.82, 2.24) is 0 Å². The van der Waals surface area contributed by atoms with Gasteiger partial charge >= 0.3 is 0 Å². The molecule has 0 unspecified atom stereocenters. The first-order valence-corrected chi connectivity index (χ1v) is 2.91. The summed E-state index contributed by atoms with van der Waals surface area (Å²) in [5, 5.41) is 0. The first-order chi connectivity index (χ1) is 4.20. The quantitative estimate of drug-likeness (QED) is 0.408. The molecule has 0 amide bonds. The Hall–Kier alpha value is 4.67. The summed E-state index contributed by atoms with van der Waals surface area (Å²) in [5.41, 5.74) is 1.97. The summed E-state index contributed by atoms with van der Waals surface area (Å²) in [6.45, 7) is 3.81. The number of hydrogen-bond donors (Lipinski definition) is 0. The van der Waals surface area contributed by atoms with Gasteiger partial charge in [0, 0.05) is 169 Å². The monoisotopic (exact) mass is 565 g/mol. The summed E-state index contributed by atoms with van der Waals surface area (Å²) < 4.78 is 0. The van der Waals surface area contributed by atoms with E-state index in [0.717, 1.165) is 11.1 Å². The van der Waals surface area contributed by atoms with E-state index in [0.29, 0.717) is 6.42 Å². The minimum absolute atomic E-state index is 0. The predicted octanol–water partition coefficient (Wildman–Crippen LogP) is 1.45. The Labute approximate surface area is 212 Å². The van der Waals surface area contributed by atoms with E-state index >= 15 is 0 Å². The van der Waals surface area contributed by atoms with E-state index in [9.17, 15) is 4.79 Å². The summed E-state index contributed by atoms with van der Waals surface area (Å²) in [6.07, 6.45) is 6.06. The van der Waals surface area contributed by atoms with Crippen LogP contribution in [0.5, 0.6) is 0 Å². The van der Waals surface area contributed by atoms with Crippen LogP contribution >= 0.6 is 0 Å². The van der Waals surface area contributed by atoms with Crippen LogP contribution in [0.4, 0.5) is 0 Å². The van der Waals surface area contributed by atoms with Gasteiger partial charge < -0.3 is 28.1 Å². The van der Waals surface area contributed by atoms with Crippen LogP contribution in [0.2, 0.25) is 0 Å². The van der Waals surface area contributed by atoms with Gasteiger partial charge in [0.1, 0.15) is 0 Å². The first-order valence-electron chi connectivity index (χ1n) is 2.91. The molecule has 0 N–H and O–H groups in total. The number of allylic oxidation sites excluding steroid dienone is 4. The number of carbonyl (C=O) groups is 1. The molecule has 0 aliphatic heterocycles. The molecule has 1 aliphatic carbocycles. The van der Waals surface area contributed by atoms with Gasteiger partial charge in [0.25, 0.3) is 0 Å². The van der Waals surface area contributed by atoms with Crippen LogP contribution in [0.25, 0.3) is 0 Å². The van der Waals surface area contributed by atoms with Gasteiger partial charge in [0.2, 0.25) is 0 Å². The van der Waals surface area contributed by atoms with Gasteiger partial charge in [0.05, 0.1) is 0 Å². The van der Waals surface area contributed by atoms with Crippen LogP contribution in [0, 0.1) is 12.2 Å². The molecule has 0 saturated heterocycles. The Kier molecular flexibility index (Phi) is 39.4. The number of ketones is 1. The molecule has 0 fully saturated rings. The van der Waals surface area contributed by atoms with E-state index < -0.39 is 0 Å². The van der Waals surface area contributed by atoms with Crippen LogP contribution < -0.4 is 0 Å². The second-order valence-corrected chi connectivity index (χ2v) is 2.15. The molecule has 1 aliphatic rings. The summed E-state index contributed by atoms with van der Waals surface area (Å²) in [4.78, 5) is 10.6. The minimum atomic E-state index is 0. The summed E-state index contributed by atoms with van der Waals surface area (Å²) >= 11 is 0. The largest absolute Gasteiger partial charge is 0.375 e. The van der Waals surface area contributed by atoms with Gasteiger partial charge in [-0.3, -0.25) is 0 Å². The maximum Gasteiger partial charge on any atom is 0.0340 e. The molecule has 0 heterocycles. The fourth-order valence-corrected chi connectivity index (χ4v) is 0.693. The zero-order valence-corrected chi connectivity index (χ0v) is 22.7. The Morgan fingerprint density at radius 3 is 1.64 bits per heavy atom. The second-order valence-electron chi connectivity index (χ2n) is 2.15. The Morgan fingerprint density at radius 1 is 0.929 bits per heavy atom. The van der Waals surface area contributed by atoms with E-state index in [4.69, 9.17) is 0 Å². The Morgan fingerprint density at radius 2 is 1.36 bits per heavy atom. The van der Waals surface area contributed by atoms with Gasteiger partial charge in [-0.05, 0) is 0 Å². The smallest absolute Gasteiger partial charge is 0.0340 e. The van der Waals surface area contributed by atoms with Crippen molar-refractivity contribution in [3.8, 4) is 0 Å². The van der Waals surface area contributed by atoms with E-state index in [1.54, 1.807) is 0 Å². The number of carbonyl (C=O) groups excluding carboxylic acids is 1. The molecule has 0 saturated carbocycles. The molecule has 1 nitrogen and oxygen atoms in total. The molecular weight excluding hydrogens is 557 g/mol. The zero-order chi connectivity index (χ0) is 6.85. The minimum Gasteiger partial charge on any atom is -0.375 e. The van der Waals surface area contributed by atoms with Crippen molar-refractivity contribution < 1.29 is 168 Å². The van der Waals surface area contributed by atoms with Crippen LogP contribution in [-0.4, -0.2) is 5.78 Å². The molecule has 0 bridgehead atoms. The van der Waals surface area contributed by atoms with Crippen molar-refractivity contribution >= 4 is 5.78 Å². The van der Waals surface area contributed by atoms with Crippen LogP contribution in [0.3, 0.4) is 0 Å². The average molecular weight is 565 g/mol. The maximum atomic E-state index is 10.6. The van der Waals surface area contributed by atoms with Gasteiger partial charge in [-0.15, -0.1) is 13.8 Å². The molecule has 63 valence electrons. The number of Topliss-reactive ketones (excluding diaryl/α,β-unsaturated/α-hetero) is 1. The van der Waals surface area contributed by atoms with Crippen molar-refractivity contribution in [3.05, 3.63) is 23.3 Å². The normalized spacial score (nSPS) is 12.3.